The molecule has 0 bridgehead atoms. The van der Waals surface area contributed by atoms with Gasteiger partial charge in [0.25, 0.3) is 0 Å². The number of amides is 3. The Hall–Kier alpha value is -1.14. The van der Waals surface area contributed by atoms with E-state index in [1.165, 1.54) is 0 Å². The first kappa shape index (κ1) is 11.9. The van der Waals surface area contributed by atoms with Crippen molar-refractivity contribution in [3.05, 3.63) is 0 Å². The average Bonchev–Trinajstić information content (AvgIpc) is 2.10. The number of likely N-dealkylation sites (tertiary alicyclic amines) is 1. The number of primary amides is 1. The quantitative estimate of drug-likeness (QED) is 0.544. The van der Waals surface area contributed by atoms with Gasteiger partial charge in [0.1, 0.15) is 0 Å². The number of nitrogens with two attached hydrogens (primary N) is 1. The Morgan fingerprint density at radius 1 is 1.60 bits per heavy atom. The van der Waals surface area contributed by atoms with E-state index in [1.807, 2.05) is 17.1 Å². The van der Waals surface area contributed by atoms with Crippen molar-refractivity contribution >= 4 is 11.9 Å². The van der Waals surface area contributed by atoms with Crippen LogP contribution in [0.2, 0.25) is 0 Å². The summed E-state index contributed by atoms with van der Waals surface area (Å²) in [7, 11) is 0. The Morgan fingerprint density at radius 2 is 2.27 bits per heavy atom. The highest BCUT2D eigenvalue weighted by molar-refractivity contribution is 5.94. The van der Waals surface area contributed by atoms with Gasteiger partial charge >= 0.3 is 6.03 Å². The number of piperidine rings is 1. The van der Waals surface area contributed by atoms with Crippen molar-refractivity contribution < 1.29 is 14.7 Å². The van der Waals surface area contributed by atoms with Crippen LogP contribution in [0.3, 0.4) is 0 Å². The highest BCUT2D eigenvalue weighted by Gasteiger charge is 2.25. The number of nitrogens with zero attached hydrogens (tertiary/aromatic N) is 1. The molecule has 0 aromatic rings. The molecule has 0 radical (unpaired) electrons. The smallest absolute Gasteiger partial charge is 0.318 e. The third-order valence-corrected chi connectivity index (χ3v) is 2.63. The van der Waals surface area contributed by atoms with Crippen LogP contribution in [0.5, 0.6) is 0 Å². The number of imide groups is 1. The standard InChI is InChI=1S/C9H17N3O3/c1-6-2-3-12(4-7(6)13)5-8(14)11-9(10)15/h6-7,13H,2-5H2,1H3,(H3,10,11,14,15). The SMILES string of the molecule is CC1CCN(CC(=O)NC(N)=O)CC1O. The summed E-state index contributed by atoms with van der Waals surface area (Å²) in [6.45, 7) is 3.30. The molecule has 1 aliphatic heterocycles. The molecule has 1 rings (SSSR count). The van der Waals surface area contributed by atoms with E-state index in [0.29, 0.717) is 6.54 Å². The van der Waals surface area contributed by atoms with Crippen LogP contribution in [0.1, 0.15) is 13.3 Å². The number of hydrogen-bond donors (Lipinski definition) is 3. The van der Waals surface area contributed by atoms with Gasteiger partial charge < -0.3 is 10.8 Å². The fourth-order valence-corrected chi connectivity index (χ4v) is 1.64. The zero-order valence-electron chi connectivity index (χ0n) is 8.77. The van der Waals surface area contributed by atoms with Gasteiger partial charge in [-0.3, -0.25) is 15.0 Å². The molecule has 6 heteroatoms. The van der Waals surface area contributed by atoms with Crippen molar-refractivity contribution in [3.63, 3.8) is 0 Å². The molecule has 15 heavy (non-hydrogen) atoms. The molecule has 0 aromatic carbocycles. The van der Waals surface area contributed by atoms with Crippen LogP contribution in [0.4, 0.5) is 4.79 Å². The number of carbonyl (C=O) groups excluding carboxylic acids is 2. The maximum atomic E-state index is 11.2. The minimum Gasteiger partial charge on any atom is -0.392 e. The summed E-state index contributed by atoms with van der Waals surface area (Å²) in [6, 6.07) is -0.842. The Morgan fingerprint density at radius 3 is 2.80 bits per heavy atom. The summed E-state index contributed by atoms with van der Waals surface area (Å²) >= 11 is 0. The lowest BCUT2D eigenvalue weighted by molar-refractivity contribution is -0.122. The molecule has 0 aromatic heterocycles. The topological polar surface area (TPSA) is 95.7 Å². The van der Waals surface area contributed by atoms with Crippen molar-refractivity contribution in [2.24, 2.45) is 11.7 Å². The lowest BCUT2D eigenvalue weighted by atomic mass is 9.96. The molecule has 1 fully saturated rings. The normalized spacial score (nSPS) is 27.3. The van der Waals surface area contributed by atoms with Crippen LogP contribution in [-0.2, 0) is 4.79 Å². The second-order valence-corrected chi connectivity index (χ2v) is 3.98. The minimum absolute atomic E-state index is 0.104. The van der Waals surface area contributed by atoms with Gasteiger partial charge in [0.05, 0.1) is 12.6 Å². The third-order valence-electron chi connectivity index (χ3n) is 2.63. The molecule has 0 spiro atoms. The predicted molar refractivity (Wildman–Crippen MR) is 54.0 cm³/mol. The summed E-state index contributed by atoms with van der Waals surface area (Å²) in [4.78, 5) is 23.4. The molecular formula is C9H17N3O3. The molecular weight excluding hydrogens is 198 g/mol. The summed E-state index contributed by atoms with van der Waals surface area (Å²) in [6.07, 6.45) is 0.450. The fraction of sp³-hybridized carbons (Fsp3) is 0.778. The van der Waals surface area contributed by atoms with E-state index >= 15 is 0 Å². The molecule has 0 aliphatic carbocycles. The lowest BCUT2D eigenvalue weighted by Gasteiger charge is -2.33. The highest BCUT2D eigenvalue weighted by Crippen LogP contribution is 2.16. The number of β-amino-alcohol motifs (C(OH)–C–C–N with tert-alkyl or cyclic N) is 1. The summed E-state index contributed by atoms with van der Waals surface area (Å²) in [5, 5.41) is 11.6. The summed E-state index contributed by atoms with van der Waals surface area (Å²) < 4.78 is 0. The van der Waals surface area contributed by atoms with Crippen LogP contribution >= 0.6 is 0 Å². The van der Waals surface area contributed by atoms with Crippen molar-refractivity contribution in [2.45, 2.75) is 19.4 Å². The first-order valence-electron chi connectivity index (χ1n) is 4.98. The molecule has 1 aliphatic rings. The minimum atomic E-state index is -0.842. The Balaban J connectivity index is 2.33. The molecule has 3 amide bonds. The second-order valence-electron chi connectivity index (χ2n) is 3.98. The van der Waals surface area contributed by atoms with E-state index < -0.39 is 18.0 Å². The van der Waals surface area contributed by atoms with Gasteiger partial charge in [0, 0.05) is 6.54 Å². The van der Waals surface area contributed by atoms with E-state index in [1.54, 1.807) is 0 Å². The third kappa shape index (κ3) is 3.85. The summed E-state index contributed by atoms with van der Waals surface area (Å²) in [5.74, 6) is -0.162. The Bertz CT molecular complexity index is 257. The second kappa shape index (κ2) is 5.09. The number of aliphatic hydroxyl groups excluding tert-OH is 1. The van der Waals surface area contributed by atoms with E-state index in [9.17, 15) is 14.7 Å². The molecule has 0 saturated carbocycles. The zero-order valence-corrected chi connectivity index (χ0v) is 8.77. The van der Waals surface area contributed by atoms with E-state index in [2.05, 4.69) is 0 Å². The van der Waals surface area contributed by atoms with E-state index in [4.69, 9.17) is 5.73 Å². The van der Waals surface area contributed by atoms with Gasteiger partial charge in [0.2, 0.25) is 5.91 Å². The number of rotatable bonds is 2. The van der Waals surface area contributed by atoms with Gasteiger partial charge in [0.15, 0.2) is 0 Å². The monoisotopic (exact) mass is 215 g/mol. The number of nitrogens with one attached hydrogen (secondary N) is 1. The van der Waals surface area contributed by atoms with Crippen LogP contribution < -0.4 is 11.1 Å². The van der Waals surface area contributed by atoms with Crippen LogP contribution in [0, 0.1) is 5.92 Å². The molecule has 2 atom stereocenters. The van der Waals surface area contributed by atoms with E-state index in [-0.39, 0.29) is 12.5 Å². The number of urea groups is 1. The fourth-order valence-electron chi connectivity index (χ4n) is 1.64. The summed E-state index contributed by atoms with van der Waals surface area (Å²) in [5.41, 5.74) is 4.81. The first-order chi connectivity index (χ1) is 6.99. The lowest BCUT2D eigenvalue weighted by Crippen LogP contribution is -2.48. The van der Waals surface area contributed by atoms with Crippen LogP contribution in [0.25, 0.3) is 0 Å². The average molecular weight is 215 g/mol. The molecule has 6 nitrogen and oxygen atoms in total. The zero-order chi connectivity index (χ0) is 11.4. The van der Waals surface area contributed by atoms with Crippen molar-refractivity contribution in [1.82, 2.24) is 10.2 Å². The number of hydrogen-bond acceptors (Lipinski definition) is 4. The molecule has 4 N–H and O–H groups in total. The highest BCUT2D eigenvalue weighted by atomic mass is 16.3. The van der Waals surface area contributed by atoms with E-state index in [0.717, 1.165) is 13.0 Å². The maximum Gasteiger partial charge on any atom is 0.318 e. The van der Waals surface area contributed by atoms with Gasteiger partial charge in [-0.05, 0) is 18.9 Å². The molecule has 1 heterocycles. The maximum absolute atomic E-state index is 11.2. The van der Waals surface area contributed by atoms with Crippen molar-refractivity contribution in [3.8, 4) is 0 Å². The van der Waals surface area contributed by atoms with Gasteiger partial charge in [-0.15, -0.1) is 0 Å². The van der Waals surface area contributed by atoms with Gasteiger partial charge in [-0.2, -0.15) is 0 Å². The van der Waals surface area contributed by atoms with Crippen molar-refractivity contribution in [2.75, 3.05) is 19.6 Å². The molecule has 86 valence electrons. The first-order valence-corrected chi connectivity index (χ1v) is 4.98. The molecule has 2 unspecified atom stereocenters. The predicted octanol–water partition coefficient (Wildman–Crippen LogP) is -1.12. The van der Waals surface area contributed by atoms with Crippen molar-refractivity contribution in [1.29, 1.82) is 0 Å². The van der Waals surface area contributed by atoms with Crippen LogP contribution in [-0.4, -0.2) is 47.7 Å². The van der Waals surface area contributed by atoms with Crippen LogP contribution in [0.15, 0.2) is 0 Å². The Labute approximate surface area is 88.4 Å². The largest absolute Gasteiger partial charge is 0.392 e. The number of aliphatic hydroxyl groups is 1. The number of carbonyl (C=O) groups is 2. The molecule has 1 saturated heterocycles. The Kier molecular flexibility index (Phi) is 4.05. The van der Waals surface area contributed by atoms with Gasteiger partial charge in [-0.1, -0.05) is 6.92 Å². The van der Waals surface area contributed by atoms with Gasteiger partial charge in [-0.25, -0.2) is 4.79 Å².